The van der Waals surface area contributed by atoms with Crippen molar-refractivity contribution in [2.75, 3.05) is 39.6 Å². The van der Waals surface area contributed by atoms with Crippen molar-refractivity contribution in [1.29, 1.82) is 0 Å². The van der Waals surface area contributed by atoms with Crippen molar-refractivity contribution < 1.29 is 80.2 Å². The molecule has 0 saturated heterocycles. The number of hydrogen-bond acceptors (Lipinski definition) is 15. The van der Waals surface area contributed by atoms with E-state index in [2.05, 4.69) is 52.0 Å². The second-order valence-electron chi connectivity index (χ2n) is 24.9. The summed E-state index contributed by atoms with van der Waals surface area (Å²) >= 11 is 0. The van der Waals surface area contributed by atoms with Gasteiger partial charge < -0.3 is 33.8 Å². The van der Waals surface area contributed by atoms with Crippen LogP contribution in [0.4, 0.5) is 0 Å². The number of esters is 4. The Bertz CT molecular complexity index is 1820. The van der Waals surface area contributed by atoms with Gasteiger partial charge in [-0.25, -0.2) is 9.13 Å². The zero-order valence-electron chi connectivity index (χ0n) is 57.6. The summed E-state index contributed by atoms with van der Waals surface area (Å²) in [5.41, 5.74) is 0. The van der Waals surface area contributed by atoms with Crippen LogP contribution in [0.25, 0.3) is 0 Å². The SMILES string of the molecule is CCCCCC/C=C\C=C/CCCCCCCC(=O)OC[C@H](COP(=O)(O)OC[C@@H](O)COP(=O)(O)OC[C@@H](COC(=O)CCCCCCC)OC(=O)CCCCCCCCCC)OC(=O)CCCCCCCCCCCCCCCCCCCCCCCC. The van der Waals surface area contributed by atoms with Crippen LogP contribution in [0.5, 0.6) is 0 Å². The second-order valence-corrected chi connectivity index (χ2v) is 27.8. The molecule has 0 rings (SSSR count). The van der Waals surface area contributed by atoms with Gasteiger partial charge in [-0.2, -0.15) is 0 Å². The van der Waals surface area contributed by atoms with Crippen LogP contribution < -0.4 is 0 Å². The molecule has 0 fully saturated rings. The van der Waals surface area contributed by atoms with Gasteiger partial charge in [-0.15, -0.1) is 0 Å². The van der Waals surface area contributed by atoms with Crippen LogP contribution in [0.2, 0.25) is 0 Å². The van der Waals surface area contributed by atoms with E-state index in [9.17, 15) is 43.2 Å². The molecule has 19 heteroatoms. The molecule has 90 heavy (non-hydrogen) atoms. The van der Waals surface area contributed by atoms with Crippen LogP contribution in [0.15, 0.2) is 24.3 Å². The van der Waals surface area contributed by atoms with Gasteiger partial charge in [0.2, 0.25) is 0 Å². The molecule has 0 bridgehead atoms. The van der Waals surface area contributed by atoms with E-state index in [0.717, 1.165) is 122 Å². The quantitative estimate of drug-likeness (QED) is 0.0169. The Labute approximate surface area is 548 Å². The van der Waals surface area contributed by atoms with E-state index in [1.165, 1.54) is 148 Å². The number of rotatable bonds is 70. The zero-order valence-corrected chi connectivity index (χ0v) is 59.4. The van der Waals surface area contributed by atoms with Crippen molar-refractivity contribution in [3.8, 4) is 0 Å². The molecule has 0 amide bonds. The third kappa shape index (κ3) is 64.3. The number of unbranched alkanes of at least 4 members (excludes halogenated alkanes) is 41. The van der Waals surface area contributed by atoms with Crippen molar-refractivity contribution in [3.63, 3.8) is 0 Å². The highest BCUT2D eigenvalue weighted by molar-refractivity contribution is 7.47. The molecule has 17 nitrogen and oxygen atoms in total. The maximum Gasteiger partial charge on any atom is 0.472 e. The Kier molecular flexibility index (Phi) is 63.4. The van der Waals surface area contributed by atoms with E-state index in [4.69, 9.17) is 37.0 Å². The normalized spacial score (nSPS) is 14.2. The number of aliphatic hydroxyl groups excluding tert-OH is 1. The van der Waals surface area contributed by atoms with Gasteiger partial charge in [0.05, 0.1) is 26.4 Å². The van der Waals surface area contributed by atoms with Crippen LogP contribution in [0, 0.1) is 0 Å². The van der Waals surface area contributed by atoms with Gasteiger partial charge in [0.1, 0.15) is 19.3 Å². The van der Waals surface area contributed by atoms with Crippen LogP contribution in [0.1, 0.15) is 349 Å². The summed E-state index contributed by atoms with van der Waals surface area (Å²) < 4.78 is 67.9. The van der Waals surface area contributed by atoms with Crippen molar-refractivity contribution >= 4 is 39.5 Å². The monoisotopic (exact) mass is 1320 g/mol. The molecular weight excluding hydrogens is 1190 g/mol. The summed E-state index contributed by atoms with van der Waals surface area (Å²) in [6, 6.07) is 0. The maximum atomic E-state index is 13.0. The van der Waals surface area contributed by atoms with Crippen LogP contribution in [0.3, 0.4) is 0 Å². The van der Waals surface area contributed by atoms with Gasteiger partial charge in [-0.3, -0.25) is 37.3 Å². The fraction of sp³-hybridized carbons (Fsp3) is 0.887. The van der Waals surface area contributed by atoms with E-state index in [1.807, 2.05) is 0 Å². The van der Waals surface area contributed by atoms with Gasteiger partial charge in [0, 0.05) is 25.7 Å². The molecular formula is C71H134O17P2. The molecule has 0 spiro atoms. The van der Waals surface area contributed by atoms with Crippen molar-refractivity contribution in [2.24, 2.45) is 0 Å². The molecule has 0 heterocycles. The Hall–Kier alpha value is -2.46. The molecule has 0 aliphatic carbocycles. The molecule has 5 atom stereocenters. The lowest BCUT2D eigenvalue weighted by molar-refractivity contribution is -0.161. The minimum absolute atomic E-state index is 0.102. The Morgan fingerprint density at radius 2 is 0.533 bits per heavy atom. The highest BCUT2D eigenvalue weighted by atomic mass is 31.2. The Balaban J connectivity index is 5.11. The topological polar surface area (TPSA) is 237 Å². The highest BCUT2D eigenvalue weighted by Gasteiger charge is 2.30. The lowest BCUT2D eigenvalue weighted by Gasteiger charge is -2.21. The number of carbonyl (C=O) groups excluding carboxylic acids is 4. The standard InChI is InChI=1S/C71H134O17P2/c1-5-9-13-17-20-23-25-27-29-30-31-32-33-34-35-37-39-41-43-46-50-54-58-71(76)88-67(62-82-69(74)56-52-48-45-42-40-38-36-28-26-24-21-18-14-10-6-2)64-86-90(79,80)84-60-65(72)59-83-89(77,78)85-63-66(61-81-68(73)55-51-47-16-12-8-4)87-70(75)57-53-49-44-22-19-15-11-7-3/h24,26,28,36,65-67,72H,5-23,25,27,29-35,37-64H2,1-4H3,(H,77,78)(H,79,80)/b26-24-,36-28-/t65-,66+,67+/m0/s1. The molecule has 0 aromatic carbocycles. The summed E-state index contributed by atoms with van der Waals surface area (Å²) in [5.74, 6) is -2.17. The van der Waals surface area contributed by atoms with Gasteiger partial charge in [-0.05, 0) is 51.4 Å². The van der Waals surface area contributed by atoms with E-state index in [0.29, 0.717) is 25.7 Å². The van der Waals surface area contributed by atoms with Crippen LogP contribution in [-0.2, 0) is 65.4 Å². The van der Waals surface area contributed by atoms with Crippen molar-refractivity contribution in [3.05, 3.63) is 24.3 Å². The number of carbonyl (C=O) groups is 4. The molecule has 0 radical (unpaired) electrons. The Morgan fingerprint density at radius 1 is 0.311 bits per heavy atom. The zero-order chi connectivity index (χ0) is 66.1. The van der Waals surface area contributed by atoms with Gasteiger partial charge >= 0.3 is 39.5 Å². The predicted molar refractivity (Wildman–Crippen MR) is 363 cm³/mol. The second kappa shape index (κ2) is 65.2. The van der Waals surface area contributed by atoms with Crippen LogP contribution in [-0.4, -0.2) is 96.7 Å². The number of phosphoric ester groups is 2. The molecule has 0 aromatic heterocycles. The highest BCUT2D eigenvalue weighted by Crippen LogP contribution is 2.45. The molecule has 2 unspecified atom stereocenters. The first-order chi connectivity index (χ1) is 43.7. The van der Waals surface area contributed by atoms with E-state index < -0.39 is 97.5 Å². The first-order valence-corrected chi connectivity index (χ1v) is 39.6. The smallest absolute Gasteiger partial charge is 0.462 e. The summed E-state index contributed by atoms with van der Waals surface area (Å²) in [5, 5.41) is 10.5. The summed E-state index contributed by atoms with van der Waals surface area (Å²) in [6.07, 6.45) is 57.0. The van der Waals surface area contributed by atoms with Crippen molar-refractivity contribution in [2.45, 2.75) is 367 Å². The fourth-order valence-corrected chi connectivity index (χ4v) is 11.9. The number of ether oxygens (including phenoxy) is 4. The van der Waals surface area contributed by atoms with Crippen molar-refractivity contribution in [1.82, 2.24) is 0 Å². The van der Waals surface area contributed by atoms with Gasteiger partial charge in [-0.1, -0.05) is 296 Å². The number of phosphoric acid groups is 2. The lowest BCUT2D eigenvalue weighted by Crippen LogP contribution is -2.30. The van der Waals surface area contributed by atoms with Crippen LogP contribution >= 0.6 is 15.6 Å². The molecule has 0 aliphatic rings. The van der Waals surface area contributed by atoms with Gasteiger partial charge in [0.15, 0.2) is 12.2 Å². The molecule has 0 saturated carbocycles. The largest absolute Gasteiger partial charge is 0.472 e. The number of allylic oxidation sites excluding steroid dienone is 4. The molecule has 0 aromatic rings. The summed E-state index contributed by atoms with van der Waals surface area (Å²) in [7, 11) is -9.89. The first kappa shape index (κ1) is 87.5. The van der Waals surface area contributed by atoms with E-state index >= 15 is 0 Å². The first-order valence-electron chi connectivity index (χ1n) is 36.6. The number of hydrogen-bond donors (Lipinski definition) is 3. The Morgan fingerprint density at radius 3 is 0.811 bits per heavy atom. The molecule has 0 aliphatic heterocycles. The predicted octanol–water partition coefficient (Wildman–Crippen LogP) is 20.2. The maximum absolute atomic E-state index is 13.0. The lowest BCUT2D eigenvalue weighted by atomic mass is 10.0. The third-order valence-electron chi connectivity index (χ3n) is 16.0. The summed E-state index contributed by atoms with van der Waals surface area (Å²) in [6.45, 7) is 4.75. The van der Waals surface area contributed by atoms with E-state index in [1.54, 1.807) is 0 Å². The molecule has 3 N–H and O–H groups in total. The summed E-state index contributed by atoms with van der Waals surface area (Å²) in [4.78, 5) is 72.1. The minimum Gasteiger partial charge on any atom is -0.462 e. The average Bonchev–Trinajstić information content (AvgIpc) is 3.69. The van der Waals surface area contributed by atoms with E-state index in [-0.39, 0.29) is 25.7 Å². The average molecular weight is 1320 g/mol. The fourth-order valence-electron chi connectivity index (χ4n) is 10.3. The molecule has 530 valence electrons. The minimum atomic E-state index is -4.96. The van der Waals surface area contributed by atoms with Gasteiger partial charge in [0.25, 0.3) is 0 Å². The number of aliphatic hydroxyl groups is 1. The third-order valence-corrected chi connectivity index (χ3v) is 17.9.